The van der Waals surface area contributed by atoms with Crippen molar-refractivity contribution in [3.8, 4) is 5.69 Å². The molecule has 1 fully saturated rings. The lowest BCUT2D eigenvalue weighted by Gasteiger charge is -2.19. The smallest absolute Gasteiger partial charge is 0.229 e. The van der Waals surface area contributed by atoms with Gasteiger partial charge in [0.05, 0.1) is 18.1 Å². The maximum atomic E-state index is 12.4. The molecule has 4 rings (SSSR count). The number of hydrogen-bond acceptors (Lipinski definition) is 3. The highest BCUT2D eigenvalue weighted by Crippen LogP contribution is 2.21. The van der Waals surface area contributed by atoms with Crippen molar-refractivity contribution in [3.05, 3.63) is 78.9 Å². The predicted octanol–water partition coefficient (Wildman–Crippen LogP) is 2.96. The molecule has 1 aliphatic heterocycles. The number of aliphatic imine (C=N–C) groups is 1. The van der Waals surface area contributed by atoms with Crippen LogP contribution in [-0.2, 0) is 11.3 Å². The molecule has 2 aromatic carbocycles. The first-order chi connectivity index (χ1) is 14.2. The normalized spacial score (nSPS) is 16.3. The highest BCUT2D eigenvalue weighted by Gasteiger charge is 2.31. The van der Waals surface area contributed by atoms with E-state index in [4.69, 9.17) is 0 Å². The molecule has 0 saturated carbocycles. The van der Waals surface area contributed by atoms with Crippen molar-refractivity contribution in [3.63, 3.8) is 0 Å². The molecule has 0 bridgehead atoms. The van der Waals surface area contributed by atoms with Gasteiger partial charge in [0, 0.05) is 44.6 Å². The summed E-state index contributed by atoms with van der Waals surface area (Å²) in [5.74, 6) is 0.799. The first-order valence-electron chi connectivity index (χ1n) is 9.63. The Balaban J connectivity index is 0.00000256. The number of benzene rings is 2. The summed E-state index contributed by atoms with van der Waals surface area (Å²) >= 11 is 0. The number of amides is 1. The minimum atomic E-state index is 0. The quantitative estimate of drug-likeness (QED) is 0.311. The zero-order valence-corrected chi connectivity index (χ0v) is 19.1. The van der Waals surface area contributed by atoms with Gasteiger partial charge in [-0.2, -0.15) is 0 Å². The Hall–Kier alpha value is -2.88. The number of rotatable bonds is 5. The average Bonchev–Trinajstić information content (AvgIpc) is 3.42. The van der Waals surface area contributed by atoms with Crippen LogP contribution in [0.25, 0.3) is 5.69 Å². The minimum absolute atomic E-state index is 0. The third kappa shape index (κ3) is 4.99. The summed E-state index contributed by atoms with van der Waals surface area (Å²) in [6, 6.07) is 17.9. The monoisotopic (exact) mass is 516 g/mol. The van der Waals surface area contributed by atoms with E-state index in [2.05, 4.69) is 32.7 Å². The van der Waals surface area contributed by atoms with E-state index in [1.807, 2.05) is 58.1 Å². The summed E-state index contributed by atoms with van der Waals surface area (Å²) < 4.78 is 1.99. The van der Waals surface area contributed by atoms with Gasteiger partial charge in [-0.15, -0.1) is 24.0 Å². The van der Waals surface area contributed by atoms with E-state index in [0.29, 0.717) is 25.5 Å². The Kier molecular flexibility index (Phi) is 7.45. The van der Waals surface area contributed by atoms with Gasteiger partial charge < -0.3 is 20.1 Å². The van der Waals surface area contributed by atoms with Crippen LogP contribution in [0, 0.1) is 0 Å². The van der Waals surface area contributed by atoms with E-state index >= 15 is 0 Å². The SMILES string of the molecule is CN=C(NCc1ccccc1-n1ccnc1)NC1CC(=O)N(c2ccccc2)C1.I. The van der Waals surface area contributed by atoms with Crippen LogP contribution in [0.1, 0.15) is 12.0 Å². The fourth-order valence-corrected chi connectivity index (χ4v) is 3.54. The number of guanidine groups is 1. The van der Waals surface area contributed by atoms with Crippen molar-refractivity contribution in [2.24, 2.45) is 4.99 Å². The number of hydrogen-bond donors (Lipinski definition) is 2. The van der Waals surface area contributed by atoms with Gasteiger partial charge in [0.15, 0.2) is 5.96 Å². The lowest BCUT2D eigenvalue weighted by molar-refractivity contribution is -0.117. The summed E-state index contributed by atoms with van der Waals surface area (Å²) in [6.07, 6.45) is 5.92. The highest BCUT2D eigenvalue weighted by atomic mass is 127. The number of anilines is 1. The van der Waals surface area contributed by atoms with Crippen LogP contribution in [-0.4, -0.2) is 41.1 Å². The summed E-state index contributed by atoms with van der Waals surface area (Å²) in [4.78, 5) is 22.7. The Morgan fingerprint density at radius 1 is 1.17 bits per heavy atom. The molecular formula is C22H25IN6O. The van der Waals surface area contributed by atoms with Crippen LogP contribution in [0.5, 0.6) is 0 Å². The van der Waals surface area contributed by atoms with E-state index in [9.17, 15) is 4.79 Å². The fraction of sp³-hybridized carbons (Fsp3) is 0.227. The lowest BCUT2D eigenvalue weighted by atomic mass is 10.1. The van der Waals surface area contributed by atoms with Gasteiger partial charge in [0.1, 0.15) is 0 Å². The van der Waals surface area contributed by atoms with E-state index in [0.717, 1.165) is 16.9 Å². The summed E-state index contributed by atoms with van der Waals surface area (Å²) in [6.45, 7) is 1.23. The molecule has 1 aliphatic rings. The van der Waals surface area contributed by atoms with Gasteiger partial charge in [0.25, 0.3) is 0 Å². The average molecular weight is 516 g/mol. The first-order valence-corrected chi connectivity index (χ1v) is 9.63. The maximum absolute atomic E-state index is 12.4. The molecular weight excluding hydrogens is 491 g/mol. The Morgan fingerprint density at radius 2 is 1.93 bits per heavy atom. The molecule has 1 saturated heterocycles. The number of carbonyl (C=O) groups excluding carboxylic acids is 1. The molecule has 30 heavy (non-hydrogen) atoms. The summed E-state index contributed by atoms with van der Waals surface area (Å²) in [5, 5.41) is 6.74. The standard InChI is InChI=1S/C22H24N6O.HI/c1-23-22(25-14-17-7-5-6-10-20(17)27-12-11-24-16-27)26-18-13-21(29)28(15-18)19-8-3-2-4-9-19;/h2-12,16,18H,13-15H2,1H3,(H2,23,25,26);1H. The maximum Gasteiger partial charge on any atom is 0.229 e. The molecule has 2 N–H and O–H groups in total. The van der Waals surface area contributed by atoms with Crippen LogP contribution >= 0.6 is 24.0 Å². The van der Waals surface area contributed by atoms with Crippen LogP contribution in [0.15, 0.2) is 78.3 Å². The number of carbonyl (C=O) groups is 1. The minimum Gasteiger partial charge on any atom is -0.352 e. The Labute approximate surface area is 193 Å². The first kappa shape index (κ1) is 21.8. The second kappa shape index (κ2) is 10.2. The molecule has 156 valence electrons. The molecule has 7 nitrogen and oxygen atoms in total. The largest absolute Gasteiger partial charge is 0.352 e. The van der Waals surface area contributed by atoms with Gasteiger partial charge in [-0.05, 0) is 23.8 Å². The van der Waals surface area contributed by atoms with E-state index in [1.165, 1.54) is 0 Å². The van der Waals surface area contributed by atoms with Gasteiger partial charge in [-0.1, -0.05) is 36.4 Å². The lowest BCUT2D eigenvalue weighted by Crippen LogP contribution is -2.44. The fourth-order valence-electron chi connectivity index (χ4n) is 3.54. The zero-order valence-electron chi connectivity index (χ0n) is 16.7. The van der Waals surface area contributed by atoms with Crippen molar-refractivity contribution in [1.82, 2.24) is 20.2 Å². The highest BCUT2D eigenvalue weighted by molar-refractivity contribution is 14.0. The molecule has 0 spiro atoms. The number of imidazole rings is 1. The molecule has 2 heterocycles. The third-order valence-electron chi connectivity index (χ3n) is 4.98. The van der Waals surface area contributed by atoms with Crippen molar-refractivity contribution >= 4 is 41.5 Å². The molecule has 1 amide bonds. The van der Waals surface area contributed by atoms with Crippen LogP contribution in [0.3, 0.4) is 0 Å². The van der Waals surface area contributed by atoms with Gasteiger partial charge in [-0.25, -0.2) is 4.98 Å². The molecule has 3 aromatic rings. The van der Waals surface area contributed by atoms with Crippen molar-refractivity contribution in [2.75, 3.05) is 18.5 Å². The second-order valence-corrected chi connectivity index (χ2v) is 6.91. The number of nitrogens with one attached hydrogen (secondary N) is 2. The Morgan fingerprint density at radius 3 is 2.67 bits per heavy atom. The number of para-hydroxylation sites is 2. The molecule has 0 aliphatic carbocycles. The van der Waals surface area contributed by atoms with E-state index in [1.54, 1.807) is 19.6 Å². The van der Waals surface area contributed by atoms with Crippen molar-refractivity contribution < 1.29 is 4.79 Å². The zero-order chi connectivity index (χ0) is 20.1. The van der Waals surface area contributed by atoms with Crippen LogP contribution in [0.4, 0.5) is 5.69 Å². The van der Waals surface area contributed by atoms with Crippen LogP contribution < -0.4 is 15.5 Å². The van der Waals surface area contributed by atoms with Gasteiger partial charge in [-0.3, -0.25) is 9.79 Å². The van der Waals surface area contributed by atoms with Gasteiger partial charge in [0.2, 0.25) is 5.91 Å². The van der Waals surface area contributed by atoms with E-state index < -0.39 is 0 Å². The molecule has 1 unspecified atom stereocenters. The number of aromatic nitrogens is 2. The number of nitrogens with zero attached hydrogens (tertiary/aromatic N) is 4. The predicted molar refractivity (Wildman–Crippen MR) is 130 cm³/mol. The third-order valence-corrected chi connectivity index (χ3v) is 4.98. The molecule has 0 radical (unpaired) electrons. The summed E-state index contributed by atoms with van der Waals surface area (Å²) in [7, 11) is 1.74. The van der Waals surface area contributed by atoms with Crippen molar-refractivity contribution in [2.45, 2.75) is 19.0 Å². The van der Waals surface area contributed by atoms with Crippen LogP contribution in [0.2, 0.25) is 0 Å². The molecule has 1 aromatic heterocycles. The topological polar surface area (TPSA) is 74.5 Å². The molecule has 1 atom stereocenters. The Bertz CT molecular complexity index is 990. The number of halogens is 1. The molecule has 8 heteroatoms. The summed E-state index contributed by atoms with van der Waals surface area (Å²) in [5.41, 5.74) is 3.13. The van der Waals surface area contributed by atoms with Gasteiger partial charge >= 0.3 is 0 Å². The second-order valence-electron chi connectivity index (χ2n) is 6.91. The van der Waals surface area contributed by atoms with Crippen molar-refractivity contribution in [1.29, 1.82) is 0 Å². The van der Waals surface area contributed by atoms with E-state index in [-0.39, 0.29) is 35.9 Å².